The maximum Gasteiger partial charge on any atom is 0.0761 e. The van der Waals surface area contributed by atoms with Gasteiger partial charge in [-0.3, -0.25) is 0 Å². The number of hydrogen-bond donors (Lipinski definition) is 1. The normalized spacial score (nSPS) is 12.4. The van der Waals surface area contributed by atoms with Crippen LogP contribution in [0.2, 0.25) is 0 Å². The minimum Gasteiger partial charge on any atom is -0.389 e. The Kier molecular flexibility index (Phi) is 3.87. The number of benzene rings is 2. The zero-order valence-electron chi connectivity index (χ0n) is 10.1. The van der Waals surface area contributed by atoms with Gasteiger partial charge in [0.15, 0.2) is 0 Å². The molecule has 0 heterocycles. The third-order valence-corrected chi connectivity index (χ3v) is 3.63. The Bertz CT molecular complexity index is 471. The lowest BCUT2D eigenvalue weighted by molar-refractivity contribution is 0.199. The summed E-state index contributed by atoms with van der Waals surface area (Å²) in [7, 11) is 0. The predicted molar refractivity (Wildman–Crippen MR) is 72.4 cm³/mol. The standard InChI is InChI=1S/C15H16OS/c1-11-3-7-14(8-4-11)17-15-9-5-13(6-10-15)12(2)16/h3-10,12,16H,1-2H3. The van der Waals surface area contributed by atoms with Gasteiger partial charge in [0.2, 0.25) is 0 Å². The van der Waals surface area contributed by atoms with Crippen molar-refractivity contribution in [2.45, 2.75) is 29.7 Å². The molecular formula is C15H16OS. The van der Waals surface area contributed by atoms with Gasteiger partial charge in [0.1, 0.15) is 0 Å². The van der Waals surface area contributed by atoms with Gasteiger partial charge < -0.3 is 5.11 Å². The molecule has 2 heteroatoms. The van der Waals surface area contributed by atoms with E-state index >= 15 is 0 Å². The predicted octanol–water partition coefficient (Wildman–Crippen LogP) is 4.20. The van der Waals surface area contributed by atoms with E-state index in [0.717, 1.165) is 5.56 Å². The van der Waals surface area contributed by atoms with Gasteiger partial charge in [0, 0.05) is 9.79 Å². The molecule has 0 aliphatic heterocycles. The summed E-state index contributed by atoms with van der Waals surface area (Å²) in [5.41, 5.74) is 2.23. The van der Waals surface area contributed by atoms with Gasteiger partial charge in [-0.1, -0.05) is 41.6 Å². The molecule has 0 spiro atoms. The molecular weight excluding hydrogens is 228 g/mol. The van der Waals surface area contributed by atoms with Crippen LogP contribution in [-0.2, 0) is 0 Å². The monoisotopic (exact) mass is 244 g/mol. The lowest BCUT2D eigenvalue weighted by atomic mass is 10.1. The van der Waals surface area contributed by atoms with Crippen molar-refractivity contribution in [1.82, 2.24) is 0 Å². The van der Waals surface area contributed by atoms with E-state index in [1.807, 2.05) is 24.3 Å². The highest BCUT2D eigenvalue weighted by molar-refractivity contribution is 7.99. The molecule has 17 heavy (non-hydrogen) atoms. The Labute approximate surface area is 107 Å². The van der Waals surface area contributed by atoms with Crippen LogP contribution in [-0.4, -0.2) is 5.11 Å². The summed E-state index contributed by atoms with van der Waals surface area (Å²) >= 11 is 1.74. The molecule has 1 atom stereocenters. The van der Waals surface area contributed by atoms with Gasteiger partial charge >= 0.3 is 0 Å². The smallest absolute Gasteiger partial charge is 0.0761 e. The van der Waals surface area contributed by atoms with Crippen molar-refractivity contribution in [3.63, 3.8) is 0 Å². The average Bonchev–Trinajstić information content (AvgIpc) is 2.33. The molecule has 0 aromatic heterocycles. The highest BCUT2D eigenvalue weighted by Gasteiger charge is 2.01. The van der Waals surface area contributed by atoms with Gasteiger partial charge in [0.05, 0.1) is 6.10 Å². The summed E-state index contributed by atoms with van der Waals surface area (Å²) in [6, 6.07) is 16.5. The van der Waals surface area contributed by atoms with Gasteiger partial charge in [-0.25, -0.2) is 0 Å². The number of aryl methyl sites for hydroxylation is 1. The molecule has 2 rings (SSSR count). The Hall–Kier alpha value is -1.25. The van der Waals surface area contributed by atoms with Crippen molar-refractivity contribution >= 4 is 11.8 Å². The van der Waals surface area contributed by atoms with Crippen molar-refractivity contribution in [1.29, 1.82) is 0 Å². The van der Waals surface area contributed by atoms with E-state index < -0.39 is 6.10 Å². The van der Waals surface area contributed by atoms with Crippen molar-refractivity contribution in [3.05, 3.63) is 59.7 Å². The van der Waals surface area contributed by atoms with Crippen LogP contribution in [0.3, 0.4) is 0 Å². The summed E-state index contributed by atoms with van der Waals surface area (Å²) in [6.07, 6.45) is -0.395. The van der Waals surface area contributed by atoms with E-state index in [0.29, 0.717) is 0 Å². The maximum absolute atomic E-state index is 9.43. The minimum absolute atomic E-state index is 0.395. The topological polar surface area (TPSA) is 20.2 Å². The van der Waals surface area contributed by atoms with Crippen LogP contribution in [0.5, 0.6) is 0 Å². The summed E-state index contributed by atoms with van der Waals surface area (Å²) in [5.74, 6) is 0. The quantitative estimate of drug-likeness (QED) is 0.873. The number of aliphatic hydroxyl groups excluding tert-OH is 1. The largest absolute Gasteiger partial charge is 0.389 e. The van der Waals surface area contributed by atoms with Crippen LogP contribution < -0.4 is 0 Å². The molecule has 0 radical (unpaired) electrons. The number of hydrogen-bond acceptors (Lipinski definition) is 2. The molecule has 2 aromatic rings. The van der Waals surface area contributed by atoms with Crippen molar-refractivity contribution in [2.24, 2.45) is 0 Å². The summed E-state index contributed by atoms with van der Waals surface area (Å²) in [4.78, 5) is 2.43. The molecule has 1 unspecified atom stereocenters. The Morgan fingerprint density at radius 1 is 0.882 bits per heavy atom. The molecule has 0 aliphatic carbocycles. The fourth-order valence-electron chi connectivity index (χ4n) is 1.56. The fraction of sp³-hybridized carbons (Fsp3) is 0.200. The van der Waals surface area contributed by atoms with Crippen LogP contribution >= 0.6 is 11.8 Å². The van der Waals surface area contributed by atoms with Gasteiger partial charge in [-0.05, 0) is 43.7 Å². The molecule has 0 bridgehead atoms. The first kappa shape index (κ1) is 12.2. The van der Waals surface area contributed by atoms with Gasteiger partial charge in [0.25, 0.3) is 0 Å². The highest BCUT2D eigenvalue weighted by atomic mass is 32.2. The number of aliphatic hydroxyl groups is 1. The molecule has 0 aliphatic rings. The van der Waals surface area contributed by atoms with Crippen LogP contribution in [0.4, 0.5) is 0 Å². The van der Waals surface area contributed by atoms with Gasteiger partial charge in [-0.15, -0.1) is 0 Å². The third kappa shape index (κ3) is 3.35. The van der Waals surface area contributed by atoms with Crippen LogP contribution in [0.15, 0.2) is 58.3 Å². The Morgan fingerprint density at radius 2 is 1.35 bits per heavy atom. The second kappa shape index (κ2) is 5.39. The maximum atomic E-state index is 9.43. The average molecular weight is 244 g/mol. The van der Waals surface area contributed by atoms with E-state index in [-0.39, 0.29) is 0 Å². The van der Waals surface area contributed by atoms with Crippen molar-refractivity contribution in [3.8, 4) is 0 Å². The van der Waals surface area contributed by atoms with E-state index in [2.05, 4.69) is 31.2 Å². The molecule has 0 saturated carbocycles. The molecule has 2 aromatic carbocycles. The van der Waals surface area contributed by atoms with Crippen molar-refractivity contribution in [2.75, 3.05) is 0 Å². The van der Waals surface area contributed by atoms with Crippen LogP contribution in [0.25, 0.3) is 0 Å². The molecule has 0 saturated heterocycles. The first-order valence-corrected chi connectivity index (χ1v) is 6.49. The second-order valence-electron chi connectivity index (χ2n) is 4.16. The van der Waals surface area contributed by atoms with Crippen LogP contribution in [0.1, 0.15) is 24.2 Å². The highest BCUT2D eigenvalue weighted by Crippen LogP contribution is 2.28. The third-order valence-electron chi connectivity index (χ3n) is 2.62. The van der Waals surface area contributed by atoms with E-state index in [4.69, 9.17) is 0 Å². The lowest BCUT2D eigenvalue weighted by Crippen LogP contribution is -1.89. The molecule has 0 amide bonds. The Morgan fingerprint density at radius 3 is 1.82 bits per heavy atom. The zero-order chi connectivity index (χ0) is 12.3. The minimum atomic E-state index is -0.395. The van der Waals surface area contributed by atoms with E-state index in [1.165, 1.54) is 15.4 Å². The molecule has 1 N–H and O–H groups in total. The lowest BCUT2D eigenvalue weighted by Gasteiger charge is -2.06. The molecule has 88 valence electrons. The second-order valence-corrected chi connectivity index (χ2v) is 5.31. The summed E-state index contributed by atoms with van der Waals surface area (Å²) in [6.45, 7) is 3.87. The summed E-state index contributed by atoms with van der Waals surface area (Å²) < 4.78 is 0. The van der Waals surface area contributed by atoms with Crippen LogP contribution in [0, 0.1) is 6.92 Å². The number of rotatable bonds is 3. The molecule has 0 fully saturated rings. The first-order chi connectivity index (χ1) is 8.15. The molecule has 1 nitrogen and oxygen atoms in total. The Balaban J connectivity index is 2.11. The van der Waals surface area contributed by atoms with Gasteiger partial charge in [-0.2, -0.15) is 0 Å². The fourth-order valence-corrected chi connectivity index (χ4v) is 2.37. The SMILES string of the molecule is Cc1ccc(Sc2ccc(C(C)O)cc2)cc1. The van der Waals surface area contributed by atoms with Crippen molar-refractivity contribution < 1.29 is 5.11 Å². The summed E-state index contributed by atoms with van der Waals surface area (Å²) in [5, 5.41) is 9.43. The first-order valence-electron chi connectivity index (χ1n) is 5.68. The van der Waals surface area contributed by atoms with E-state index in [1.54, 1.807) is 18.7 Å². The van der Waals surface area contributed by atoms with E-state index in [9.17, 15) is 5.11 Å². The zero-order valence-corrected chi connectivity index (χ0v) is 10.9.